The highest BCUT2D eigenvalue weighted by Gasteiger charge is 2.56. The van der Waals surface area contributed by atoms with E-state index in [1.807, 2.05) is 0 Å². The summed E-state index contributed by atoms with van der Waals surface area (Å²) in [5, 5.41) is 0. The van der Waals surface area contributed by atoms with Crippen LogP contribution in [0.1, 0.15) is 70.9 Å². The minimum atomic E-state index is 0.581. The molecule has 1 aromatic carbocycles. The Hall–Kier alpha value is -1.04. The van der Waals surface area contributed by atoms with Gasteiger partial charge in [-0.3, -0.25) is 0 Å². The van der Waals surface area contributed by atoms with Crippen molar-refractivity contribution in [3.8, 4) is 0 Å². The van der Waals surface area contributed by atoms with E-state index < -0.39 is 0 Å². The highest BCUT2D eigenvalue weighted by molar-refractivity contribution is 5.62. The maximum Gasteiger partial charge on any atom is 0.00893 e. The Kier molecular flexibility index (Phi) is 2.19. The van der Waals surface area contributed by atoms with Gasteiger partial charge in [-0.1, -0.05) is 25.0 Å². The number of hydrogen-bond donors (Lipinski definition) is 0. The van der Waals surface area contributed by atoms with Crippen LogP contribution in [0.5, 0.6) is 0 Å². The molecule has 0 aromatic heterocycles. The number of hydrogen-bond acceptors (Lipinski definition) is 0. The van der Waals surface area contributed by atoms with Crippen molar-refractivity contribution in [3.05, 3.63) is 45.5 Å². The van der Waals surface area contributed by atoms with Crippen LogP contribution in [0.2, 0.25) is 0 Å². The molecule has 0 amide bonds. The molecule has 0 aliphatic heterocycles. The molecule has 0 unspecified atom stereocenters. The van der Waals surface area contributed by atoms with E-state index in [2.05, 4.69) is 39.8 Å². The van der Waals surface area contributed by atoms with E-state index in [0.717, 1.165) is 11.8 Å². The molecule has 1 aromatic rings. The van der Waals surface area contributed by atoms with E-state index in [1.54, 1.807) is 22.3 Å². The second kappa shape index (κ2) is 3.53. The second-order valence-corrected chi connectivity index (χ2v) is 7.11. The van der Waals surface area contributed by atoms with Crippen LogP contribution in [-0.4, -0.2) is 0 Å². The highest BCUT2D eigenvalue weighted by atomic mass is 14.6. The predicted molar refractivity (Wildman–Crippen MR) is 80.9 cm³/mol. The standard InChI is InChI=1S/C19H24/c1-11-12(2)14(4)18-16-8-7-15(17(18)13(11)3)19(16)9-5-6-10-19/h7-8,15-16H,5-6,9-10H2,1-4H3/t15-,16-/m1/s1. The lowest BCUT2D eigenvalue weighted by Gasteiger charge is -2.30. The summed E-state index contributed by atoms with van der Waals surface area (Å²) in [6, 6.07) is 0. The van der Waals surface area contributed by atoms with E-state index in [4.69, 9.17) is 0 Å². The van der Waals surface area contributed by atoms with Gasteiger partial charge in [0.05, 0.1) is 0 Å². The average Bonchev–Trinajstić information content (AvgIpc) is 3.10. The van der Waals surface area contributed by atoms with Gasteiger partial charge in [-0.2, -0.15) is 0 Å². The first-order valence-electron chi connectivity index (χ1n) is 7.86. The highest BCUT2D eigenvalue weighted by Crippen LogP contribution is 2.68. The van der Waals surface area contributed by atoms with Crippen LogP contribution >= 0.6 is 0 Å². The first-order chi connectivity index (χ1) is 9.08. The zero-order chi connectivity index (χ0) is 13.4. The Labute approximate surface area is 116 Å². The van der Waals surface area contributed by atoms with Gasteiger partial charge in [0.2, 0.25) is 0 Å². The van der Waals surface area contributed by atoms with Gasteiger partial charge in [0.25, 0.3) is 0 Å². The summed E-state index contributed by atoms with van der Waals surface area (Å²) in [5.41, 5.74) is 10.3. The molecule has 3 aliphatic rings. The van der Waals surface area contributed by atoms with Crippen LogP contribution in [0, 0.1) is 33.1 Å². The molecule has 19 heavy (non-hydrogen) atoms. The normalized spacial score (nSPS) is 29.5. The Balaban J connectivity index is 2.02. The molecule has 4 rings (SSSR count). The smallest absolute Gasteiger partial charge is 0.00893 e. The Morgan fingerprint density at radius 3 is 1.58 bits per heavy atom. The van der Waals surface area contributed by atoms with Crippen LogP contribution in [0.25, 0.3) is 0 Å². The molecule has 1 fully saturated rings. The van der Waals surface area contributed by atoms with Crippen LogP contribution in [0.4, 0.5) is 0 Å². The van der Waals surface area contributed by atoms with E-state index in [9.17, 15) is 0 Å². The topological polar surface area (TPSA) is 0 Å². The summed E-state index contributed by atoms with van der Waals surface area (Å²) < 4.78 is 0. The van der Waals surface area contributed by atoms with Crippen LogP contribution in [0.3, 0.4) is 0 Å². The Morgan fingerprint density at radius 1 is 0.737 bits per heavy atom. The minimum Gasteiger partial charge on any atom is -0.0798 e. The third kappa shape index (κ3) is 1.17. The monoisotopic (exact) mass is 252 g/mol. The summed E-state index contributed by atoms with van der Waals surface area (Å²) >= 11 is 0. The summed E-state index contributed by atoms with van der Waals surface area (Å²) in [5.74, 6) is 1.46. The predicted octanol–water partition coefficient (Wildman–Crippen LogP) is 5.23. The molecule has 1 saturated carbocycles. The van der Waals surface area contributed by atoms with E-state index in [-0.39, 0.29) is 0 Å². The van der Waals surface area contributed by atoms with E-state index >= 15 is 0 Å². The zero-order valence-corrected chi connectivity index (χ0v) is 12.6. The maximum absolute atomic E-state index is 2.54. The van der Waals surface area contributed by atoms with Crippen LogP contribution < -0.4 is 0 Å². The number of fused-ring (bicyclic) bond motifs is 3. The lowest BCUT2D eigenvalue weighted by molar-refractivity contribution is 0.275. The molecule has 100 valence electrons. The van der Waals surface area contributed by atoms with Gasteiger partial charge in [0.15, 0.2) is 0 Å². The molecule has 1 spiro atoms. The lowest BCUT2D eigenvalue weighted by Crippen LogP contribution is -2.20. The molecule has 3 aliphatic carbocycles. The molecule has 0 N–H and O–H groups in total. The molecule has 2 atom stereocenters. The number of benzene rings is 1. The Bertz CT molecular complexity index is 550. The summed E-state index contributed by atoms with van der Waals surface area (Å²) in [4.78, 5) is 0. The summed E-state index contributed by atoms with van der Waals surface area (Å²) in [6.45, 7) is 9.35. The van der Waals surface area contributed by atoms with Crippen molar-refractivity contribution in [1.29, 1.82) is 0 Å². The first kappa shape index (κ1) is 11.8. The van der Waals surface area contributed by atoms with Crippen molar-refractivity contribution in [2.24, 2.45) is 5.41 Å². The van der Waals surface area contributed by atoms with Gasteiger partial charge < -0.3 is 0 Å². The molecule has 0 radical (unpaired) electrons. The number of rotatable bonds is 0. The first-order valence-corrected chi connectivity index (χ1v) is 7.86. The van der Waals surface area contributed by atoms with Crippen molar-refractivity contribution in [2.45, 2.75) is 65.2 Å². The van der Waals surface area contributed by atoms with Crippen molar-refractivity contribution in [3.63, 3.8) is 0 Å². The van der Waals surface area contributed by atoms with Crippen molar-refractivity contribution < 1.29 is 0 Å². The molecular formula is C19H24. The molecule has 0 heterocycles. The fourth-order valence-corrected chi connectivity index (χ4v) is 5.39. The fraction of sp³-hybridized carbons (Fsp3) is 0.579. The zero-order valence-electron chi connectivity index (χ0n) is 12.6. The SMILES string of the molecule is Cc1c(C)c(C)c2c(c1C)[C@H]1C=C[C@H]2C12CCCC2. The summed E-state index contributed by atoms with van der Waals surface area (Å²) in [7, 11) is 0. The summed E-state index contributed by atoms with van der Waals surface area (Å²) in [6.07, 6.45) is 10.9. The largest absolute Gasteiger partial charge is 0.0798 e. The van der Waals surface area contributed by atoms with Crippen molar-refractivity contribution >= 4 is 0 Å². The minimum absolute atomic E-state index is 0.581. The van der Waals surface area contributed by atoms with Crippen molar-refractivity contribution in [2.75, 3.05) is 0 Å². The number of allylic oxidation sites excluding steroid dienone is 2. The Morgan fingerprint density at radius 2 is 1.16 bits per heavy atom. The van der Waals surface area contributed by atoms with Gasteiger partial charge >= 0.3 is 0 Å². The van der Waals surface area contributed by atoms with Gasteiger partial charge in [-0.25, -0.2) is 0 Å². The maximum atomic E-state index is 2.54. The van der Waals surface area contributed by atoms with Gasteiger partial charge in [0, 0.05) is 11.8 Å². The van der Waals surface area contributed by atoms with E-state index in [0.29, 0.717) is 5.41 Å². The van der Waals surface area contributed by atoms with Gasteiger partial charge in [-0.15, -0.1) is 0 Å². The van der Waals surface area contributed by atoms with E-state index in [1.165, 1.54) is 36.8 Å². The molecule has 2 bridgehead atoms. The molecule has 0 heteroatoms. The average molecular weight is 252 g/mol. The molecule has 0 nitrogen and oxygen atoms in total. The molecule has 0 saturated heterocycles. The second-order valence-electron chi connectivity index (χ2n) is 7.11. The van der Waals surface area contributed by atoms with Crippen molar-refractivity contribution in [1.82, 2.24) is 0 Å². The third-order valence-electron chi connectivity index (χ3n) is 6.68. The van der Waals surface area contributed by atoms with Gasteiger partial charge in [-0.05, 0) is 79.3 Å². The van der Waals surface area contributed by atoms with Gasteiger partial charge in [0.1, 0.15) is 0 Å². The molecular weight excluding hydrogens is 228 g/mol. The quantitative estimate of drug-likeness (QED) is 0.554. The van der Waals surface area contributed by atoms with Crippen LogP contribution in [-0.2, 0) is 0 Å². The lowest BCUT2D eigenvalue weighted by atomic mass is 9.73. The fourth-order valence-electron chi connectivity index (χ4n) is 5.39. The van der Waals surface area contributed by atoms with Crippen LogP contribution in [0.15, 0.2) is 12.2 Å². The third-order valence-corrected chi connectivity index (χ3v) is 6.68.